The van der Waals surface area contributed by atoms with Crippen LogP contribution in [-0.2, 0) is 24.1 Å². The maximum atomic E-state index is 11.6. The molecule has 84 valence electrons. The molecule has 0 bridgehead atoms. The van der Waals surface area contributed by atoms with Crippen LogP contribution in [0.2, 0.25) is 0 Å². The predicted octanol–water partition coefficient (Wildman–Crippen LogP) is 2.70. The molecule has 1 heterocycles. The van der Waals surface area contributed by atoms with E-state index in [4.69, 9.17) is 0 Å². The van der Waals surface area contributed by atoms with Gasteiger partial charge < -0.3 is 5.32 Å². The average Bonchev–Trinajstić information content (AvgIpc) is 2.28. The lowest BCUT2D eigenvalue weighted by molar-refractivity contribution is -0.119. The third-order valence-electron chi connectivity index (χ3n) is 3.80. The molecule has 0 saturated heterocycles. The second-order valence-corrected chi connectivity index (χ2v) is 5.08. The van der Waals surface area contributed by atoms with Crippen molar-refractivity contribution in [1.82, 2.24) is 0 Å². The van der Waals surface area contributed by atoms with E-state index in [2.05, 4.69) is 17.4 Å². The minimum Gasteiger partial charge on any atom is -0.326 e. The Morgan fingerprint density at radius 1 is 1.12 bits per heavy atom. The molecule has 0 saturated carbocycles. The van der Waals surface area contributed by atoms with Crippen molar-refractivity contribution in [3.8, 4) is 0 Å². The summed E-state index contributed by atoms with van der Waals surface area (Å²) in [4.78, 5) is 11.6. The summed E-state index contributed by atoms with van der Waals surface area (Å²) in [6.07, 6.45) is 5.89. The molecule has 1 aliphatic carbocycles. The van der Waals surface area contributed by atoms with Crippen molar-refractivity contribution in [2.45, 2.75) is 39.0 Å². The quantitative estimate of drug-likeness (QED) is 0.708. The maximum Gasteiger partial charge on any atom is 0.227 e. The summed E-state index contributed by atoms with van der Waals surface area (Å²) in [6, 6.07) is 4.52. The summed E-state index contributed by atoms with van der Waals surface area (Å²) in [5.41, 5.74) is 5.34. The molecule has 1 aromatic carbocycles. The third kappa shape index (κ3) is 1.53. The Bertz CT molecular complexity index is 450. The summed E-state index contributed by atoms with van der Waals surface area (Å²) in [5, 5.41) is 3.02. The van der Waals surface area contributed by atoms with E-state index < -0.39 is 0 Å². The van der Waals surface area contributed by atoms with Crippen LogP contribution in [0, 0.1) is 5.92 Å². The first-order valence-electron chi connectivity index (χ1n) is 6.19. The molecule has 0 radical (unpaired) electrons. The lowest BCUT2D eigenvalue weighted by atomic mass is 9.86. The van der Waals surface area contributed by atoms with Crippen LogP contribution < -0.4 is 5.32 Å². The SMILES string of the molecule is CC1Cc2cc3c(cc2NC1=O)CCCC3. The zero-order valence-electron chi connectivity index (χ0n) is 9.68. The van der Waals surface area contributed by atoms with E-state index in [9.17, 15) is 4.79 Å². The summed E-state index contributed by atoms with van der Waals surface area (Å²) in [7, 11) is 0. The van der Waals surface area contributed by atoms with Gasteiger partial charge in [0.05, 0.1) is 0 Å². The number of amides is 1. The Labute approximate surface area is 96.1 Å². The summed E-state index contributed by atoms with van der Waals surface area (Å²) in [6.45, 7) is 2.00. The van der Waals surface area contributed by atoms with Gasteiger partial charge in [-0.25, -0.2) is 0 Å². The van der Waals surface area contributed by atoms with Crippen molar-refractivity contribution in [2.24, 2.45) is 5.92 Å². The zero-order chi connectivity index (χ0) is 11.1. The van der Waals surface area contributed by atoms with Crippen LogP contribution in [0.25, 0.3) is 0 Å². The molecule has 0 fully saturated rings. The number of anilines is 1. The topological polar surface area (TPSA) is 29.1 Å². The smallest absolute Gasteiger partial charge is 0.227 e. The minimum atomic E-state index is 0.120. The fourth-order valence-electron chi connectivity index (χ4n) is 2.80. The number of aryl methyl sites for hydroxylation is 2. The Morgan fingerprint density at radius 2 is 1.81 bits per heavy atom. The van der Waals surface area contributed by atoms with Gasteiger partial charge in [0.25, 0.3) is 0 Å². The normalized spacial score (nSPS) is 23.3. The first kappa shape index (κ1) is 9.88. The number of benzene rings is 1. The molecular formula is C14H17NO. The van der Waals surface area contributed by atoms with E-state index in [0.717, 1.165) is 12.1 Å². The Morgan fingerprint density at radius 3 is 2.56 bits per heavy atom. The van der Waals surface area contributed by atoms with Crippen LogP contribution >= 0.6 is 0 Å². The number of hydrogen-bond acceptors (Lipinski definition) is 1. The summed E-state index contributed by atoms with van der Waals surface area (Å²) in [5.74, 6) is 0.289. The van der Waals surface area contributed by atoms with Crippen molar-refractivity contribution in [3.63, 3.8) is 0 Å². The molecule has 2 heteroatoms. The molecule has 1 unspecified atom stereocenters. The number of hydrogen-bond donors (Lipinski definition) is 1. The number of carbonyl (C=O) groups is 1. The van der Waals surface area contributed by atoms with Gasteiger partial charge in [-0.1, -0.05) is 13.0 Å². The standard InChI is InChI=1S/C14H17NO/c1-9-6-12-7-10-4-2-3-5-11(10)8-13(12)15-14(9)16/h7-9H,2-6H2,1H3,(H,15,16). The highest BCUT2D eigenvalue weighted by atomic mass is 16.1. The lowest BCUT2D eigenvalue weighted by Gasteiger charge is -2.25. The highest BCUT2D eigenvalue weighted by Crippen LogP contribution is 2.31. The van der Waals surface area contributed by atoms with Gasteiger partial charge in [-0.15, -0.1) is 0 Å². The highest BCUT2D eigenvalue weighted by molar-refractivity contribution is 5.95. The van der Waals surface area contributed by atoms with E-state index in [1.807, 2.05) is 6.92 Å². The summed E-state index contributed by atoms with van der Waals surface area (Å²) >= 11 is 0. The molecule has 1 amide bonds. The third-order valence-corrected chi connectivity index (χ3v) is 3.80. The lowest BCUT2D eigenvalue weighted by Crippen LogP contribution is -2.28. The van der Waals surface area contributed by atoms with Gasteiger partial charge in [0.15, 0.2) is 0 Å². The van der Waals surface area contributed by atoms with Gasteiger partial charge in [-0.3, -0.25) is 4.79 Å². The molecule has 16 heavy (non-hydrogen) atoms. The highest BCUT2D eigenvalue weighted by Gasteiger charge is 2.23. The van der Waals surface area contributed by atoms with Gasteiger partial charge in [0.1, 0.15) is 0 Å². The predicted molar refractivity (Wildman–Crippen MR) is 64.6 cm³/mol. The number of rotatable bonds is 0. The molecule has 3 rings (SSSR count). The molecule has 1 aliphatic heterocycles. The molecule has 1 aromatic rings. The molecule has 0 spiro atoms. The van der Waals surface area contributed by atoms with Crippen LogP contribution in [-0.4, -0.2) is 5.91 Å². The van der Waals surface area contributed by atoms with Crippen molar-refractivity contribution in [3.05, 3.63) is 28.8 Å². The van der Waals surface area contributed by atoms with E-state index in [0.29, 0.717) is 0 Å². The van der Waals surface area contributed by atoms with E-state index >= 15 is 0 Å². The number of carbonyl (C=O) groups excluding carboxylic acids is 1. The molecular weight excluding hydrogens is 198 g/mol. The van der Waals surface area contributed by atoms with E-state index in [1.165, 1.54) is 42.4 Å². The van der Waals surface area contributed by atoms with Crippen molar-refractivity contribution < 1.29 is 4.79 Å². The minimum absolute atomic E-state index is 0.120. The van der Waals surface area contributed by atoms with Crippen LogP contribution in [0.15, 0.2) is 12.1 Å². The van der Waals surface area contributed by atoms with Gasteiger partial charge in [-0.05, 0) is 54.9 Å². The molecule has 1 N–H and O–H groups in total. The largest absolute Gasteiger partial charge is 0.326 e. The fraction of sp³-hybridized carbons (Fsp3) is 0.500. The van der Waals surface area contributed by atoms with Gasteiger partial charge in [-0.2, -0.15) is 0 Å². The first-order chi connectivity index (χ1) is 7.74. The molecule has 0 aromatic heterocycles. The second kappa shape index (κ2) is 3.62. The van der Waals surface area contributed by atoms with Crippen molar-refractivity contribution in [2.75, 3.05) is 5.32 Å². The molecule has 2 nitrogen and oxygen atoms in total. The van der Waals surface area contributed by atoms with Crippen LogP contribution in [0.3, 0.4) is 0 Å². The van der Waals surface area contributed by atoms with Crippen molar-refractivity contribution >= 4 is 11.6 Å². The second-order valence-electron chi connectivity index (χ2n) is 5.08. The van der Waals surface area contributed by atoms with Gasteiger partial charge in [0, 0.05) is 11.6 Å². The van der Waals surface area contributed by atoms with Crippen LogP contribution in [0.4, 0.5) is 5.69 Å². The average molecular weight is 215 g/mol. The maximum absolute atomic E-state index is 11.6. The summed E-state index contributed by atoms with van der Waals surface area (Å²) < 4.78 is 0. The number of fused-ring (bicyclic) bond motifs is 2. The Hall–Kier alpha value is -1.31. The first-order valence-corrected chi connectivity index (χ1v) is 6.19. The van der Waals surface area contributed by atoms with Gasteiger partial charge >= 0.3 is 0 Å². The van der Waals surface area contributed by atoms with Crippen LogP contribution in [0.5, 0.6) is 0 Å². The molecule has 2 aliphatic rings. The molecule has 1 atom stereocenters. The van der Waals surface area contributed by atoms with E-state index in [1.54, 1.807) is 0 Å². The van der Waals surface area contributed by atoms with Crippen molar-refractivity contribution in [1.29, 1.82) is 0 Å². The number of nitrogens with one attached hydrogen (secondary N) is 1. The van der Waals surface area contributed by atoms with E-state index in [-0.39, 0.29) is 11.8 Å². The zero-order valence-corrected chi connectivity index (χ0v) is 9.68. The van der Waals surface area contributed by atoms with Crippen LogP contribution in [0.1, 0.15) is 36.5 Å². The van der Waals surface area contributed by atoms with Gasteiger partial charge in [0.2, 0.25) is 5.91 Å². The fourth-order valence-corrected chi connectivity index (χ4v) is 2.80. The Kier molecular flexibility index (Phi) is 2.23. The monoisotopic (exact) mass is 215 g/mol. The Balaban J connectivity index is 2.04.